The van der Waals surface area contributed by atoms with Gasteiger partial charge in [-0.1, -0.05) is 12.1 Å². The summed E-state index contributed by atoms with van der Waals surface area (Å²) in [5.74, 6) is -1.03. The molecule has 5 heteroatoms. The number of pyridine rings is 1. The highest BCUT2D eigenvalue weighted by Crippen LogP contribution is 2.23. The molecule has 0 amide bonds. The average Bonchev–Trinajstić information content (AvgIpc) is 2.38. The van der Waals surface area contributed by atoms with Crippen molar-refractivity contribution in [2.24, 2.45) is 0 Å². The Morgan fingerprint density at radius 1 is 1.33 bits per heavy atom. The van der Waals surface area contributed by atoms with E-state index in [9.17, 15) is 4.79 Å². The summed E-state index contributed by atoms with van der Waals surface area (Å²) in [7, 11) is 0. The number of nitrogens with two attached hydrogens (primary N) is 1. The highest BCUT2D eigenvalue weighted by atomic mass is 16.4. The molecule has 0 fully saturated rings. The summed E-state index contributed by atoms with van der Waals surface area (Å²) in [5.41, 5.74) is 7.74. The molecule has 0 bridgehead atoms. The summed E-state index contributed by atoms with van der Waals surface area (Å²) in [4.78, 5) is 14.9. The standard InChI is InChI=1S/C13H13N3O2/c14-12-10(13(17)18)4-1-5-11(12)16-8-9-3-2-6-15-7-9/h1-7,16H,8,14H2,(H,17,18). The fraction of sp³-hybridized carbons (Fsp3) is 0.0769. The number of hydrogen-bond donors (Lipinski definition) is 3. The number of carboxylic acids is 1. The summed E-state index contributed by atoms with van der Waals surface area (Å²) >= 11 is 0. The fourth-order valence-electron chi connectivity index (χ4n) is 1.61. The fourth-order valence-corrected chi connectivity index (χ4v) is 1.61. The van der Waals surface area contributed by atoms with Gasteiger partial charge in [-0.3, -0.25) is 4.98 Å². The summed E-state index contributed by atoms with van der Waals surface area (Å²) in [6, 6.07) is 8.65. The lowest BCUT2D eigenvalue weighted by Gasteiger charge is -2.10. The minimum Gasteiger partial charge on any atom is -0.478 e. The van der Waals surface area contributed by atoms with Gasteiger partial charge in [0, 0.05) is 18.9 Å². The molecule has 2 rings (SSSR count). The van der Waals surface area contributed by atoms with E-state index in [0.29, 0.717) is 12.2 Å². The Balaban J connectivity index is 2.15. The molecule has 2 aromatic rings. The minimum atomic E-state index is -1.03. The van der Waals surface area contributed by atoms with Crippen LogP contribution in [0.1, 0.15) is 15.9 Å². The van der Waals surface area contributed by atoms with Crippen LogP contribution in [0.4, 0.5) is 11.4 Å². The number of carbonyl (C=O) groups is 1. The van der Waals surface area contributed by atoms with Gasteiger partial charge in [0.25, 0.3) is 0 Å². The number of nitrogens with one attached hydrogen (secondary N) is 1. The average molecular weight is 243 g/mol. The van der Waals surface area contributed by atoms with E-state index in [2.05, 4.69) is 10.3 Å². The number of rotatable bonds is 4. The Labute approximate surface area is 104 Å². The predicted octanol–water partition coefficient (Wildman–Crippen LogP) is 1.97. The summed E-state index contributed by atoms with van der Waals surface area (Å²) in [6.07, 6.45) is 3.44. The van der Waals surface area contributed by atoms with Crippen molar-refractivity contribution in [1.29, 1.82) is 0 Å². The maximum atomic E-state index is 10.9. The van der Waals surface area contributed by atoms with E-state index in [0.717, 1.165) is 5.56 Å². The van der Waals surface area contributed by atoms with Crippen molar-refractivity contribution < 1.29 is 9.90 Å². The zero-order valence-corrected chi connectivity index (χ0v) is 9.63. The second-order valence-corrected chi connectivity index (χ2v) is 3.79. The third-order valence-corrected chi connectivity index (χ3v) is 2.54. The van der Waals surface area contributed by atoms with Crippen LogP contribution in [0.5, 0.6) is 0 Å². The van der Waals surface area contributed by atoms with Crippen molar-refractivity contribution in [2.45, 2.75) is 6.54 Å². The smallest absolute Gasteiger partial charge is 0.337 e. The highest BCUT2D eigenvalue weighted by molar-refractivity contribution is 5.97. The van der Waals surface area contributed by atoms with Crippen molar-refractivity contribution in [3.63, 3.8) is 0 Å². The molecular weight excluding hydrogens is 230 g/mol. The zero-order chi connectivity index (χ0) is 13.0. The summed E-state index contributed by atoms with van der Waals surface area (Å²) < 4.78 is 0. The Hall–Kier alpha value is -2.56. The van der Waals surface area contributed by atoms with Crippen LogP contribution in [0.3, 0.4) is 0 Å². The van der Waals surface area contributed by atoms with Gasteiger partial charge in [0.05, 0.1) is 16.9 Å². The molecule has 0 aliphatic rings. The topological polar surface area (TPSA) is 88.2 Å². The number of hydrogen-bond acceptors (Lipinski definition) is 4. The normalized spacial score (nSPS) is 10.0. The number of aromatic carboxylic acids is 1. The second-order valence-electron chi connectivity index (χ2n) is 3.79. The first kappa shape index (κ1) is 11.9. The molecule has 18 heavy (non-hydrogen) atoms. The lowest BCUT2D eigenvalue weighted by molar-refractivity contribution is 0.0698. The van der Waals surface area contributed by atoms with E-state index in [1.54, 1.807) is 24.5 Å². The highest BCUT2D eigenvalue weighted by Gasteiger charge is 2.10. The van der Waals surface area contributed by atoms with Crippen LogP contribution in [0.2, 0.25) is 0 Å². The number of benzene rings is 1. The lowest BCUT2D eigenvalue weighted by Crippen LogP contribution is -2.07. The van der Waals surface area contributed by atoms with E-state index in [1.165, 1.54) is 6.07 Å². The molecule has 0 radical (unpaired) electrons. The largest absolute Gasteiger partial charge is 0.478 e. The SMILES string of the molecule is Nc1c(NCc2cccnc2)cccc1C(=O)O. The van der Waals surface area contributed by atoms with E-state index < -0.39 is 5.97 Å². The number of nitrogen functional groups attached to an aromatic ring is 1. The van der Waals surface area contributed by atoms with Crippen molar-refractivity contribution in [1.82, 2.24) is 4.98 Å². The molecule has 0 aliphatic heterocycles. The van der Waals surface area contributed by atoms with Crippen LogP contribution in [-0.4, -0.2) is 16.1 Å². The Kier molecular flexibility index (Phi) is 3.43. The van der Waals surface area contributed by atoms with Gasteiger partial charge in [-0.15, -0.1) is 0 Å². The molecule has 1 heterocycles. The number of nitrogens with zero attached hydrogens (tertiary/aromatic N) is 1. The number of aromatic nitrogens is 1. The third-order valence-electron chi connectivity index (χ3n) is 2.54. The van der Waals surface area contributed by atoms with Crippen molar-refractivity contribution in [3.8, 4) is 0 Å². The van der Waals surface area contributed by atoms with Gasteiger partial charge >= 0.3 is 5.97 Å². The van der Waals surface area contributed by atoms with Crippen LogP contribution < -0.4 is 11.1 Å². The van der Waals surface area contributed by atoms with Gasteiger partial charge in [0.15, 0.2) is 0 Å². The number of anilines is 2. The number of para-hydroxylation sites is 1. The first-order chi connectivity index (χ1) is 8.68. The zero-order valence-electron chi connectivity index (χ0n) is 9.63. The Bertz CT molecular complexity index is 555. The van der Waals surface area contributed by atoms with E-state index in [4.69, 9.17) is 10.8 Å². The van der Waals surface area contributed by atoms with Crippen LogP contribution in [0.25, 0.3) is 0 Å². The monoisotopic (exact) mass is 243 g/mol. The maximum Gasteiger partial charge on any atom is 0.337 e. The number of carboxylic acid groups (broad SMARTS) is 1. The van der Waals surface area contributed by atoms with Gasteiger partial charge in [-0.25, -0.2) is 4.79 Å². The minimum absolute atomic E-state index is 0.103. The Morgan fingerprint density at radius 2 is 2.17 bits per heavy atom. The van der Waals surface area contributed by atoms with Gasteiger partial charge in [0.1, 0.15) is 0 Å². The van der Waals surface area contributed by atoms with Crippen molar-refractivity contribution in [3.05, 3.63) is 53.9 Å². The van der Waals surface area contributed by atoms with Crippen LogP contribution >= 0.6 is 0 Å². The molecule has 4 N–H and O–H groups in total. The first-order valence-electron chi connectivity index (χ1n) is 5.43. The molecule has 0 saturated carbocycles. The van der Waals surface area contributed by atoms with E-state index >= 15 is 0 Å². The molecule has 92 valence electrons. The predicted molar refractivity (Wildman–Crippen MR) is 69.4 cm³/mol. The van der Waals surface area contributed by atoms with Gasteiger partial charge in [0.2, 0.25) is 0 Å². The third kappa shape index (κ3) is 2.57. The van der Waals surface area contributed by atoms with Crippen molar-refractivity contribution in [2.75, 3.05) is 11.1 Å². The Morgan fingerprint density at radius 3 is 2.83 bits per heavy atom. The van der Waals surface area contributed by atoms with Crippen molar-refractivity contribution >= 4 is 17.3 Å². The quantitative estimate of drug-likeness (QED) is 0.714. The molecule has 1 aromatic carbocycles. The second kappa shape index (κ2) is 5.18. The summed E-state index contributed by atoms with van der Waals surface area (Å²) in [5, 5.41) is 12.1. The van der Waals surface area contributed by atoms with Gasteiger partial charge < -0.3 is 16.2 Å². The molecule has 0 aliphatic carbocycles. The maximum absolute atomic E-state index is 10.9. The van der Waals surface area contributed by atoms with Crippen LogP contribution in [0, 0.1) is 0 Å². The van der Waals surface area contributed by atoms with Gasteiger partial charge in [-0.2, -0.15) is 0 Å². The van der Waals surface area contributed by atoms with E-state index in [1.807, 2.05) is 12.1 Å². The molecule has 0 spiro atoms. The molecule has 0 unspecified atom stereocenters. The first-order valence-corrected chi connectivity index (χ1v) is 5.43. The lowest BCUT2D eigenvalue weighted by atomic mass is 10.1. The summed E-state index contributed by atoms with van der Waals surface area (Å²) in [6.45, 7) is 0.543. The van der Waals surface area contributed by atoms with Gasteiger partial charge in [-0.05, 0) is 23.8 Å². The molecule has 1 aromatic heterocycles. The molecule has 0 atom stereocenters. The van der Waals surface area contributed by atoms with Crippen LogP contribution in [-0.2, 0) is 6.54 Å². The molecule has 5 nitrogen and oxygen atoms in total. The molecule has 0 saturated heterocycles. The van der Waals surface area contributed by atoms with Crippen LogP contribution in [0.15, 0.2) is 42.7 Å². The molecular formula is C13H13N3O2. The van der Waals surface area contributed by atoms with E-state index in [-0.39, 0.29) is 11.3 Å².